The van der Waals surface area contributed by atoms with Crippen molar-refractivity contribution in [2.75, 3.05) is 6.54 Å². The van der Waals surface area contributed by atoms with E-state index in [-0.39, 0.29) is 22.8 Å². The molecule has 0 saturated carbocycles. The van der Waals surface area contributed by atoms with E-state index in [1.54, 1.807) is 0 Å². The highest BCUT2D eigenvalue weighted by atomic mass is 16.6. The average molecular weight is 572 g/mol. The lowest BCUT2D eigenvalue weighted by Crippen LogP contribution is -2.25. The number of rotatable bonds is 20. The van der Waals surface area contributed by atoms with Crippen molar-refractivity contribution in [1.29, 1.82) is 0 Å². The van der Waals surface area contributed by atoms with E-state index in [9.17, 15) is 19.7 Å². The van der Waals surface area contributed by atoms with Crippen LogP contribution >= 0.6 is 0 Å². The number of carbonyl (C=O) groups is 1. The van der Waals surface area contributed by atoms with Crippen LogP contribution in [0.1, 0.15) is 147 Å². The Morgan fingerprint density at radius 3 is 2.02 bits per heavy atom. The highest BCUT2D eigenvalue weighted by Gasteiger charge is 2.25. The van der Waals surface area contributed by atoms with Gasteiger partial charge >= 0.3 is 0 Å². The summed E-state index contributed by atoms with van der Waals surface area (Å²) in [5, 5.41) is 14.6. The molecule has 1 N–H and O–H groups in total. The van der Waals surface area contributed by atoms with E-state index in [0.717, 1.165) is 17.6 Å². The van der Waals surface area contributed by atoms with Crippen molar-refractivity contribution in [1.82, 2.24) is 10.1 Å². The maximum atomic E-state index is 12.7. The number of hydrogen-bond donors (Lipinski definition) is 1. The van der Waals surface area contributed by atoms with Gasteiger partial charge in [-0.3, -0.25) is 19.7 Å². The Labute approximate surface area is 246 Å². The molecule has 230 valence electrons. The summed E-state index contributed by atoms with van der Waals surface area (Å²) in [6.45, 7) is 10.7. The zero-order valence-electron chi connectivity index (χ0n) is 26.1. The van der Waals surface area contributed by atoms with Gasteiger partial charge in [-0.05, 0) is 30.9 Å². The van der Waals surface area contributed by atoms with Crippen molar-refractivity contribution >= 4 is 11.6 Å². The van der Waals surface area contributed by atoms with Gasteiger partial charge in [0.2, 0.25) is 0 Å². The van der Waals surface area contributed by atoms with Crippen LogP contribution in [0.4, 0.5) is 5.69 Å². The number of hydrogen-bond acceptors (Lipinski definition) is 5. The molecule has 2 aromatic rings. The number of benzene rings is 1. The van der Waals surface area contributed by atoms with Gasteiger partial charge in [0.1, 0.15) is 5.76 Å². The van der Waals surface area contributed by atoms with Gasteiger partial charge in [-0.2, -0.15) is 0 Å². The highest BCUT2D eigenvalue weighted by Crippen LogP contribution is 2.27. The molecule has 0 radical (unpaired) electrons. The number of amides is 1. The monoisotopic (exact) mass is 571 g/mol. The molecule has 0 fully saturated rings. The molecule has 1 amide bonds. The number of nitro benzene ring substituents is 1. The van der Waals surface area contributed by atoms with Crippen LogP contribution in [0.25, 0.3) is 5.69 Å². The number of nitrogens with one attached hydrogen (secondary N) is 1. The van der Waals surface area contributed by atoms with Gasteiger partial charge < -0.3 is 9.84 Å². The van der Waals surface area contributed by atoms with Crippen LogP contribution in [0, 0.1) is 16.0 Å². The van der Waals surface area contributed by atoms with E-state index < -0.39 is 15.9 Å². The van der Waals surface area contributed by atoms with Gasteiger partial charge in [-0.1, -0.05) is 118 Å². The van der Waals surface area contributed by atoms with E-state index in [4.69, 9.17) is 4.52 Å². The number of carbonyl (C=O) groups excluding carboxylic acids is 1. The zero-order valence-corrected chi connectivity index (χ0v) is 26.1. The lowest BCUT2D eigenvalue weighted by molar-refractivity contribution is -0.384. The van der Waals surface area contributed by atoms with Gasteiger partial charge in [0.25, 0.3) is 17.2 Å². The SMILES string of the molecule is CCCCCCCCCCCCCCC(C)CCCNC(=O)c1ccc(-n2oc(C(C)(C)C)cc2=O)c([N+](=O)[O-])c1. The minimum atomic E-state index is -0.602. The van der Waals surface area contributed by atoms with Crippen molar-refractivity contribution in [2.45, 2.75) is 136 Å². The van der Waals surface area contributed by atoms with Crippen LogP contribution in [0.15, 0.2) is 33.6 Å². The summed E-state index contributed by atoms with van der Waals surface area (Å²) in [7, 11) is 0. The lowest BCUT2D eigenvalue weighted by Gasteiger charge is -2.13. The van der Waals surface area contributed by atoms with Crippen molar-refractivity contribution in [3.8, 4) is 5.69 Å². The standard InChI is InChI=1S/C33H53N3O5/c1-6-7-8-9-10-11-12-13-14-15-16-17-19-26(2)20-18-23-34-32(38)27-21-22-28(29(24-27)36(39)40)35-31(37)25-30(41-35)33(3,4)5/h21-22,24-26H,6-20,23H2,1-5H3,(H,34,38). The Balaban J connectivity index is 1.69. The fraction of sp³-hybridized carbons (Fsp3) is 0.697. The van der Waals surface area contributed by atoms with E-state index in [0.29, 0.717) is 18.2 Å². The third kappa shape index (κ3) is 12.2. The van der Waals surface area contributed by atoms with Crippen LogP contribution in [0.3, 0.4) is 0 Å². The molecule has 0 saturated heterocycles. The quantitative estimate of drug-likeness (QED) is 0.0970. The van der Waals surface area contributed by atoms with E-state index in [1.165, 1.54) is 108 Å². The van der Waals surface area contributed by atoms with Crippen LogP contribution in [-0.4, -0.2) is 22.1 Å². The third-order valence-electron chi connectivity index (χ3n) is 7.75. The predicted octanol–water partition coefficient (Wildman–Crippen LogP) is 8.87. The molecular formula is C33H53N3O5. The predicted molar refractivity (Wildman–Crippen MR) is 166 cm³/mol. The second kappa shape index (κ2) is 17.8. The van der Waals surface area contributed by atoms with Gasteiger partial charge in [-0.15, -0.1) is 4.74 Å². The molecule has 1 aromatic heterocycles. The topological polar surface area (TPSA) is 107 Å². The fourth-order valence-electron chi connectivity index (χ4n) is 5.08. The fourth-order valence-corrected chi connectivity index (χ4v) is 5.08. The molecule has 1 aromatic carbocycles. The summed E-state index contributed by atoms with van der Waals surface area (Å²) >= 11 is 0. The maximum Gasteiger partial charge on any atom is 0.297 e. The minimum Gasteiger partial charge on any atom is -0.375 e. The second-order valence-electron chi connectivity index (χ2n) is 12.6. The molecule has 0 aliphatic carbocycles. The zero-order chi connectivity index (χ0) is 30.3. The van der Waals surface area contributed by atoms with Crippen molar-refractivity contribution < 1.29 is 14.2 Å². The lowest BCUT2D eigenvalue weighted by atomic mass is 9.94. The van der Waals surface area contributed by atoms with Gasteiger partial charge in [-0.25, -0.2) is 0 Å². The molecule has 0 bridgehead atoms. The van der Waals surface area contributed by atoms with Gasteiger partial charge in [0, 0.05) is 29.7 Å². The van der Waals surface area contributed by atoms with Crippen LogP contribution < -0.4 is 10.9 Å². The Kier molecular flexibility index (Phi) is 14.9. The largest absolute Gasteiger partial charge is 0.375 e. The Bertz CT molecular complexity index is 1130. The van der Waals surface area contributed by atoms with Crippen LogP contribution in [0.5, 0.6) is 0 Å². The molecule has 0 spiro atoms. The second-order valence-corrected chi connectivity index (χ2v) is 12.6. The molecule has 1 heterocycles. The molecule has 8 nitrogen and oxygen atoms in total. The highest BCUT2D eigenvalue weighted by molar-refractivity contribution is 5.95. The Hall–Kier alpha value is -2.90. The normalized spacial score (nSPS) is 12.4. The van der Waals surface area contributed by atoms with Crippen LogP contribution in [0.2, 0.25) is 0 Å². The maximum absolute atomic E-state index is 12.7. The van der Waals surface area contributed by atoms with Crippen LogP contribution in [-0.2, 0) is 5.41 Å². The molecule has 0 aliphatic rings. The smallest absolute Gasteiger partial charge is 0.297 e. The summed E-state index contributed by atoms with van der Waals surface area (Å²) in [6.07, 6.45) is 19.4. The minimum absolute atomic E-state index is 0.00122. The Morgan fingerprint density at radius 1 is 0.927 bits per heavy atom. The molecular weight excluding hydrogens is 518 g/mol. The van der Waals surface area contributed by atoms with Crippen molar-refractivity contribution in [3.63, 3.8) is 0 Å². The molecule has 0 aliphatic heterocycles. The number of unbranched alkanes of at least 4 members (excludes halogenated alkanes) is 11. The summed E-state index contributed by atoms with van der Waals surface area (Å²) < 4.78 is 6.55. The molecule has 41 heavy (non-hydrogen) atoms. The third-order valence-corrected chi connectivity index (χ3v) is 7.75. The average Bonchev–Trinajstić information content (AvgIpc) is 3.33. The first-order valence-electron chi connectivity index (χ1n) is 15.9. The number of nitrogens with zero attached hydrogens (tertiary/aromatic N) is 2. The van der Waals surface area contributed by atoms with E-state index in [1.807, 2.05) is 20.8 Å². The van der Waals surface area contributed by atoms with Gasteiger partial charge in [0.15, 0.2) is 5.69 Å². The number of aromatic nitrogens is 1. The summed E-state index contributed by atoms with van der Waals surface area (Å²) in [5.74, 6) is 0.669. The first-order valence-corrected chi connectivity index (χ1v) is 15.9. The first-order chi connectivity index (χ1) is 19.5. The Morgan fingerprint density at radius 2 is 1.49 bits per heavy atom. The van der Waals surface area contributed by atoms with E-state index >= 15 is 0 Å². The van der Waals surface area contributed by atoms with Crippen molar-refractivity contribution in [3.05, 3.63) is 56.1 Å². The van der Waals surface area contributed by atoms with Crippen molar-refractivity contribution in [2.24, 2.45) is 5.92 Å². The van der Waals surface area contributed by atoms with Gasteiger partial charge in [0.05, 0.1) is 4.92 Å². The first kappa shape index (κ1) is 34.3. The number of nitro groups is 1. The summed E-state index contributed by atoms with van der Waals surface area (Å²) in [4.78, 5) is 36.3. The van der Waals surface area contributed by atoms with E-state index in [2.05, 4.69) is 19.2 Å². The molecule has 2 rings (SSSR count). The molecule has 8 heteroatoms. The molecule has 1 atom stereocenters. The molecule has 1 unspecified atom stereocenters. The summed E-state index contributed by atoms with van der Waals surface area (Å²) in [6, 6.07) is 5.41. The summed E-state index contributed by atoms with van der Waals surface area (Å²) in [5.41, 5.74) is -1.10.